The lowest BCUT2D eigenvalue weighted by Crippen LogP contribution is -2.42. The molecule has 0 spiro atoms. The summed E-state index contributed by atoms with van der Waals surface area (Å²) in [6.45, 7) is 8.25. The number of hydrogen-bond donors (Lipinski definition) is 1. The molecule has 1 atom stereocenters. The van der Waals surface area contributed by atoms with E-state index in [1.165, 1.54) is 0 Å². The highest BCUT2D eigenvalue weighted by molar-refractivity contribution is 5.77. The summed E-state index contributed by atoms with van der Waals surface area (Å²) in [6, 6.07) is 6.07. The molecule has 5 nitrogen and oxygen atoms in total. The van der Waals surface area contributed by atoms with Crippen molar-refractivity contribution in [2.45, 2.75) is 33.6 Å². The minimum absolute atomic E-state index is 0.0247. The fourth-order valence-corrected chi connectivity index (χ4v) is 2.70. The average molecular weight is 300 g/mol. The summed E-state index contributed by atoms with van der Waals surface area (Å²) in [7, 11) is 0. The van der Waals surface area contributed by atoms with Crippen molar-refractivity contribution in [1.82, 2.24) is 10.3 Å². The largest absolute Gasteiger partial charge is 0.356 e. The zero-order valence-electron chi connectivity index (χ0n) is 13.6. The number of nitriles is 1. The van der Waals surface area contributed by atoms with E-state index >= 15 is 0 Å². The fraction of sp³-hybridized carbons (Fsp3) is 0.588. The zero-order chi connectivity index (χ0) is 16.1. The van der Waals surface area contributed by atoms with E-state index in [0.29, 0.717) is 18.2 Å². The van der Waals surface area contributed by atoms with Crippen LogP contribution < -0.4 is 10.2 Å². The van der Waals surface area contributed by atoms with Crippen LogP contribution in [0.4, 0.5) is 5.82 Å². The van der Waals surface area contributed by atoms with Gasteiger partial charge in [-0.05, 0) is 37.3 Å². The van der Waals surface area contributed by atoms with Crippen LogP contribution in [0.25, 0.3) is 0 Å². The molecule has 0 radical (unpaired) electrons. The normalized spacial score (nSPS) is 18.1. The highest BCUT2D eigenvalue weighted by Gasteiger charge is 2.22. The van der Waals surface area contributed by atoms with Gasteiger partial charge in [0.15, 0.2) is 0 Å². The zero-order valence-corrected chi connectivity index (χ0v) is 13.6. The topological polar surface area (TPSA) is 69.0 Å². The Morgan fingerprint density at radius 2 is 2.32 bits per heavy atom. The number of nitrogens with zero attached hydrogens (tertiary/aromatic N) is 3. The van der Waals surface area contributed by atoms with E-state index in [1.807, 2.05) is 32.9 Å². The molecule has 0 saturated carbocycles. The molecule has 22 heavy (non-hydrogen) atoms. The van der Waals surface area contributed by atoms with Crippen LogP contribution in [0.15, 0.2) is 12.1 Å². The predicted molar refractivity (Wildman–Crippen MR) is 86.5 cm³/mol. The lowest BCUT2D eigenvalue weighted by atomic mass is 9.97. The van der Waals surface area contributed by atoms with Gasteiger partial charge in [-0.2, -0.15) is 5.26 Å². The molecule has 1 aromatic rings. The van der Waals surface area contributed by atoms with Gasteiger partial charge in [0.05, 0.1) is 0 Å². The van der Waals surface area contributed by atoms with Crippen molar-refractivity contribution < 1.29 is 4.79 Å². The third-order valence-corrected chi connectivity index (χ3v) is 4.12. The van der Waals surface area contributed by atoms with Crippen LogP contribution in [0.3, 0.4) is 0 Å². The van der Waals surface area contributed by atoms with Gasteiger partial charge in [-0.25, -0.2) is 4.98 Å². The number of piperidine rings is 1. The molecule has 1 aliphatic rings. The summed E-state index contributed by atoms with van der Waals surface area (Å²) in [5.41, 5.74) is 1.40. The number of carbonyl (C=O) groups is 1. The van der Waals surface area contributed by atoms with Crippen molar-refractivity contribution in [3.05, 3.63) is 23.4 Å². The molecule has 1 N–H and O–H groups in total. The van der Waals surface area contributed by atoms with Crippen molar-refractivity contribution in [2.24, 2.45) is 11.8 Å². The molecular formula is C17H24N4O. The first-order valence-electron chi connectivity index (χ1n) is 7.91. The van der Waals surface area contributed by atoms with E-state index < -0.39 is 0 Å². The molecule has 0 aliphatic carbocycles. The van der Waals surface area contributed by atoms with E-state index in [0.717, 1.165) is 37.3 Å². The summed E-state index contributed by atoms with van der Waals surface area (Å²) in [5.74, 6) is 1.43. The smallest absolute Gasteiger partial charge is 0.222 e. The quantitative estimate of drug-likeness (QED) is 0.926. The molecule has 1 fully saturated rings. The Bertz CT molecular complexity index is 577. The minimum Gasteiger partial charge on any atom is -0.356 e. The number of anilines is 1. The predicted octanol–water partition coefficient (Wildman–Crippen LogP) is 2.25. The maximum atomic E-state index is 11.7. The Hall–Kier alpha value is -2.09. The lowest BCUT2D eigenvalue weighted by Gasteiger charge is -2.34. The molecule has 0 aromatic carbocycles. The highest BCUT2D eigenvalue weighted by atomic mass is 16.1. The van der Waals surface area contributed by atoms with Crippen LogP contribution in [0.2, 0.25) is 0 Å². The Kier molecular flexibility index (Phi) is 5.37. The first-order chi connectivity index (χ1) is 10.5. The van der Waals surface area contributed by atoms with Gasteiger partial charge >= 0.3 is 0 Å². The lowest BCUT2D eigenvalue weighted by molar-refractivity contribution is -0.124. The highest BCUT2D eigenvalue weighted by Crippen LogP contribution is 2.22. The van der Waals surface area contributed by atoms with Crippen molar-refractivity contribution in [2.75, 3.05) is 24.5 Å². The third kappa shape index (κ3) is 3.97. The van der Waals surface area contributed by atoms with E-state index in [2.05, 4.69) is 21.3 Å². The van der Waals surface area contributed by atoms with Crippen LogP contribution in [0.1, 0.15) is 37.9 Å². The number of rotatable bonds is 4. The molecule has 5 heteroatoms. The molecule has 2 heterocycles. The van der Waals surface area contributed by atoms with Gasteiger partial charge in [0.25, 0.3) is 0 Å². The van der Waals surface area contributed by atoms with Gasteiger partial charge in [-0.1, -0.05) is 19.9 Å². The Morgan fingerprint density at radius 3 is 3.00 bits per heavy atom. The Morgan fingerprint density at radius 1 is 1.55 bits per heavy atom. The monoisotopic (exact) mass is 300 g/mol. The second-order valence-electron chi connectivity index (χ2n) is 6.30. The SMILES string of the molecule is Cc1ccc(N2CCCC(CNC(=O)C(C)C)C2)nc1C#N. The molecule has 1 aromatic heterocycles. The first-order valence-corrected chi connectivity index (χ1v) is 7.91. The van der Waals surface area contributed by atoms with E-state index in [9.17, 15) is 4.79 Å². The van der Waals surface area contributed by atoms with Crippen LogP contribution in [0.5, 0.6) is 0 Å². The van der Waals surface area contributed by atoms with Crippen LogP contribution in [-0.2, 0) is 4.79 Å². The van der Waals surface area contributed by atoms with Crippen LogP contribution in [0, 0.1) is 30.1 Å². The summed E-state index contributed by atoms with van der Waals surface area (Å²) in [6.07, 6.45) is 2.20. The van der Waals surface area contributed by atoms with Crippen molar-refractivity contribution in [3.8, 4) is 6.07 Å². The second-order valence-corrected chi connectivity index (χ2v) is 6.30. The molecule has 1 aliphatic heterocycles. The fourth-order valence-electron chi connectivity index (χ4n) is 2.70. The molecular weight excluding hydrogens is 276 g/mol. The number of amides is 1. The number of aromatic nitrogens is 1. The van der Waals surface area contributed by atoms with Crippen molar-refractivity contribution in [3.63, 3.8) is 0 Å². The summed E-state index contributed by atoms with van der Waals surface area (Å²) in [5, 5.41) is 12.1. The standard InChI is InChI=1S/C17H24N4O/c1-12(2)17(22)19-10-14-5-4-8-21(11-14)16-7-6-13(3)15(9-18)20-16/h6-7,12,14H,4-5,8,10-11H2,1-3H3,(H,19,22). The average Bonchev–Trinajstić information content (AvgIpc) is 2.53. The van der Waals surface area contributed by atoms with Gasteiger partial charge in [-0.15, -0.1) is 0 Å². The van der Waals surface area contributed by atoms with Gasteiger partial charge in [0, 0.05) is 25.6 Å². The van der Waals surface area contributed by atoms with Crippen LogP contribution >= 0.6 is 0 Å². The number of nitrogens with one attached hydrogen (secondary N) is 1. The number of hydrogen-bond acceptors (Lipinski definition) is 4. The molecule has 2 rings (SSSR count). The molecule has 1 amide bonds. The maximum Gasteiger partial charge on any atom is 0.222 e. The number of carbonyl (C=O) groups excluding carboxylic acids is 1. The summed E-state index contributed by atoms with van der Waals surface area (Å²) < 4.78 is 0. The van der Waals surface area contributed by atoms with E-state index in [1.54, 1.807) is 0 Å². The Balaban J connectivity index is 1.99. The van der Waals surface area contributed by atoms with Gasteiger partial charge in [0.1, 0.15) is 17.6 Å². The van der Waals surface area contributed by atoms with E-state index in [4.69, 9.17) is 5.26 Å². The van der Waals surface area contributed by atoms with Gasteiger partial charge in [0.2, 0.25) is 5.91 Å². The van der Waals surface area contributed by atoms with Crippen molar-refractivity contribution in [1.29, 1.82) is 5.26 Å². The number of pyridine rings is 1. The van der Waals surface area contributed by atoms with E-state index in [-0.39, 0.29) is 11.8 Å². The minimum atomic E-state index is 0.0247. The van der Waals surface area contributed by atoms with Gasteiger partial charge in [-0.3, -0.25) is 4.79 Å². The summed E-state index contributed by atoms with van der Waals surface area (Å²) in [4.78, 5) is 18.4. The van der Waals surface area contributed by atoms with Gasteiger partial charge < -0.3 is 10.2 Å². The molecule has 1 unspecified atom stereocenters. The molecule has 118 valence electrons. The molecule has 0 bridgehead atoms. The first kappa shape index (κ1) is 16.3. The van der Waals surface area contributed by atoms with Crippen LogP contribution in [-0.4, -0.2) is 30.5 Å². The van der Waals surface area contributed by atoms with Crippen molar-refractivity contribution >= 4 is 11.7 Å². The Labute approximate surface area is 132 Å². The second kappa shape index (κ2) is 7.26. The number of aryl methyl sites for hydroxylation is 1. The molecule has 1 saturated heterocycles. The maximum absolute atomic E-state index is 11.7. The summed E-state index contributed by atoms with van der Waals surface area (Å²) >= 11 is 0. The third-order valence-electron chi connectivity index (χ3n) is 4.12.